The lowest BCUT2D eigenvalue weighted by atomic mass is 10.1. The Morgan fingerprint density at radius 1 is 0.941 bits per heavy atom. The van der Waals surface area contributed by atoms with Crippen LogP contribution in [0.2, 0.25) is 0 Å². The van der Waals surface area contributed by atoms with Gasteiger partial charge in [-0.3, -0.25) is 5.41 Å². The fourth-order valence-electron chi connectivity index (χ4n) is 3.41. The van der Waals surface area contributed by atoms with Gasteiger partial charge in [0.15, 0.2) is 5.75 Å². The molecule has 0 aromatic heterocycles. The van der Waals surface area contributed by atoms with E-state index in [9.17, 15) is 22.7 Å². The zero-order valence-corrected chi connectivity index (χ0v) is 18.3. The number of nitrogens with one attached hydrogen (secondary N) is 1. The summed E-state index contributed by atoms with van der Waals surface area (Å²) in [4.78, 5) is 11.2. The number of amidine groups is 1. The van der Waals surface area contributed by atoms with Crippen LogP contribution in [0.25, 0.3) is 10.8 Å². The number of nitrogens with two attached hydrogens (primary N) is 2. The molecule has 0 fully saturated rings. The van der Waals surface area contributed by atoms with Crippen molar-refractivity contribution in [2.24, 2.45) is 5.73 Å². The Kier molecular flexibility index (Phi) is 5.68. The summed E-state index contributed by atoms with van der Waals surface area (Å²) in [5.74, 6) is -2.17. The summed E-state index contributed by atoms with van der Waals surface area (Å²) in [6.45, 7) is 0. The van der Waals surface area contributed by atoms with E-state index < -0.39 is 27.3 Å². The third-order valence-corrected chi connectivity index (χ3v) is 6.97. The number of nitrogen functional groups attached to an aromatic ring is 2. The Morgan fingerprint density at radius 2 is 1.59 bits per heavy atom. The van der Waals surface area contributed by atoms with Crippen LogP contribution in [0.5, 0.6) is 11.5 Å². The maximum absolute atomic E-state index is 13.3. The van der Waals surface area contributed by atoms with E-state index in [0.717, 1.165) is 41.8 Å². The quantitative estimate of drug-likeness (QED) is 0.140. The summed E-state index contributed by atoms with van der Waals surface area (Å²) in [6.07, 6.45) is 0. The molecule has 0 amide bonds. The molecular formula is C24H18FN3O5S. The molecule has 0 radical (unpaired) electrons. The van der Waals surface area contributed by atoms with Crippen LogP contribution < -0.4 is 16.2 Å². The van der Waals surface area contributed by atoms with E-state index in [0.29, 0.717) is 10.9 Å². The first-order valence-corrected chi connectivity index (χ1v) is 11.3. The lowest BCUT2D eigenvalue weighted by Gasteiger charge is -2.16. The minimum atomic E-state index is -4.19. The van der Waals surface area contributed by atoms with Crippen LogP contribution in [0, 0.1) is 11.2 Å². The van der Waals surface area contributed by atoms with Gasteiger partial charge in [-0.05, 0) is 65.4 Å². The van der Waals surface area contributed by atoms with Crippen LogP contribution in [-0.2, 0) is 9.84 Å². The number of aromatic carboxylic acids is 1. The van der Waals surface area contributed by atoms with Crippen LogP contribution in [-0.4, -0.2) is 25.3 Å². The van der Waals surface area contributed by atoms with Crippen molar-refractivity contribution >= 4 is 38.1 Å². The molecule has 0 saturated carbocycles. The maximum Gasteiger partial charge on any atom is 0.339 e. The first kappa shape index (κ1) is 22.7. The van der Waals surface area contributed by atoms with Gasteiger partial charge in [0.1, 0.15) is 23.0 Å². The predicted molar refractivity (Wildman–Crippen MR) is 125 cm³/mol. The molecule has 10 heteroatoms. The van der Waals surface area contributed by atoms with Gasteiger partial charge in [-0.25, -0.2) is 17.6 Å². The number of hydrogen-bond acceptors (Lipinski definition) is 6. The zero-order chi connectivity index (χ0) is 24.6. The molecule has 0 unspecified atom stereocenters. The second-order valence-corrected chi connectivity index (χ2v) is 9.27. The number of carbonyl (C=O) groups is 1. The number of ether oxygens (including phenoxy) is 1. The van der Waals surface area contributed by atoms with Crippen molar-refractivity contribution in [2.45, 2.75) is 9.79 Å². The molecule has 4 rings (SSSR count). The van der Waals surface area contributed by atoms with Gasteiger partial charge >= 0.3 is 5.97 Å². The van der Waals surface area contributed by atoms with Crippen molar-refractivity contribution in [3.8, 4) is 11.5 Å². The Morgan fingerprint density at radius 3 is 2.24 bits per heavy atom. The molecule has 4 aromatic carbocycles. The van der Waals surface area contributed by atoms with Crippen molar-refractivity contribution in [1.29, 1.82) is 5.41 Å². The summed E-state index contributed by atoms with van der Waals surface area (Å²) in [5, 5.41) is 18.6. The molecule has 4 aromatic rings. The number of fused-ring (bicyclic) bond motifs is 1. The average Bonchev–Trinajstić information content (AvgIpc) is 2.79. The highest BCUT2D eigenvalue weighted by Gasteiger charge is 2.26. The standard InChI is InChI=1S/C24H18FN3O5S/c25-16-4-7-18(8-5-16)34(31,32)20-10-9-19(24(29)30)22(21(20)26)33-17-6-3-13-11-15(23(27)28)2-1-14(13)12-17/h1-12H,26H2,(H3,27,28)(H,29,30). The van der Waals surface area contributed by atoms with Crippen LogP contribution >= 0.6 is 0 Å². The number of rotatable bonds is 6. The molecule has 0 heterocycles. The number of carboxylic acid groups (broad SMARTS) is 1. The highest BCUT2D eigenvalue weighted by atomic mass is 32.2. The number of carboxylic acids is 1. The summed E-state index contributed by atoms with van der Waals surface area (Å²) in [6, 6.07) is 16.3. The van der Waals surface area contributed by atoms with E-state index in [1.807, 2.05) is 0 Å². The number of anilines is 1. The highest BCUT2D eigenvalue weighted by molar-refractivity contribution is 7.91. The molecule has 0 bridgehead atoms. The molecule has 0 spiro atoms. The lowest BCUT2D eigenvalue weighted by Crippen LogP contribution is -2.10. The van der Waals surface area contributed by atoms with Crippen molar-refractivity contribution in [3.63, 3.8) is 0 Å². The topological polar surface area (TPSA) is 157 Å². The minimum absolute atomic E-state index is 0.0831. The number of sulfone groups is 1. The van der Waals surface area contributed by atoms with Gasteiger partial charge in [0.05, 0.1) is 15.5 Å². The van der Waals surface area contributed by atoms with Gasteiger partial charge in [-0.1, -0.05) is 18.2 Å². The van der Waals surface area contributed by atoms with E-state index in [1.54, 1.807) is 36.4 Å². The Bertz CT molecular complexity index is 1570. The fourth-order valence-corrected chi connectivity index (χ4v) is 4.79. The van der Waals surface area contributed by atoms with Crippen LogP contribution in [0.1, 0.15) is 15.9 Å². The molecule has 0 saturated heterocycles. The molecular weight excluding hydrogens is 461 g/mol. The van der Waals surface area contributed by atoms with Crippen LogP contribution in [0.3, 0.4) is 0 Å². The number of halogens is 1. The highest BCUT2D eigenvalue weighted by Crippen LogP contribution is 2.39. The van der Waals surface area contributed by atoms with Gasteiger partial charge in [-0.15, -0.1) is 0 Å². The summed E-state index contributed by atoms with van der Waals surface area (Å²) < 4.78 is 45.2. The van der Waals surface area contributed by atoms with E-state index in [-0.39, 0.29) is 32.7 Å². The van der Waals surface area contributed by atoms with Gasteiger partial charge in [0, 0.05) is 5.56 Å². The lowest BCUT2D eigenvalue weighted by molar-refractivity contribution is 0.0694. The molecule has 0 aliphatic rings. The third-order valence-electron chi connectivity index (χ3n) is 5.14. The third kappa shape index (κ3) is 4.14. The van der Waals surface area contributed by atoms with Crippen molar-refractivity contribution in [3.05, 3.63) is 89.7 Å². The maximum atomic E-state index is 13.3. The molecule has 34 heavy (non-hydrogen) atoms. The first-order chi connectivity index (χ1) is 16.1. The fraction of sp³-hybridized carbons (Fsp3) is 0. The average molecular weight is 479 g/mol. The molecule has 0 atom stereocenters. The first-order valence-electron chi connectivity index (χ1n) is 9.80. The summed E-state index contributed by atoms with van der Waals surface area (Å²) in [5.41, 5.74) is 11.4. The van der Waals surface area contributed by atoms with Gasteiger partial charge in [-0.2, -0.15) is 0 Å². The van der Waals surface area contributed by atoms with Crippen LogP contribution in [0.15, 0.2) is 82.6 Å². The monoisotopic (exact) mass is 479 g/mol. The second-order valence-electron chi connectivity index (χ2n) is 7.36. The van der Waals surface area contributed by atoms with Gasteiger partial charge in [0.25, 0.3) is 0 Å². The Labute approximate surface area is 193 Å². The normalized spacial score (nSPS) is 11.3. The summed E-state index contributed by atoms with van der Waals surface area (Å²) >= 11 is 0. The molecule has 8 nitrogen and oxygen atoms in total. The Hall–Kier alpha value is -4.44. The smallest absolute Gasteiger partial charge is 0.339 e. The van der Waals surface area contributed by atoms with Gasteiger partial charge in [0.2, 0.25) is 9.84 Å². The number of hydrogen-bond donors (Lipinski definition) is 4. The van der Waals surface area contributed by atoms with Crippen molar-refractivity contribution in [1.82, 2.24) is 0 Å². The van der Waals surface area contributed by atoms with Gasteiger partial charge < -0.3 is 21.3 Å². The zero-order valence-electron chi connectivity index (χ0n) is 17.4. The van der Waals surface area contributed by atoms with E-state index in [1.165, 1.54) is 0 Å². The molecule has 6 N–H and O–H groups in total. The van der Waals surface area contributed by atoms with E-state index >= 15 is 0 Å². The Balaban J connectivity index is 1.81. The molecule has 172 valence electrons. The van der Waals surface area contributed by atoms with Crippen LogP contribution in [0.4, 0.5) is 10.1 Å². The predicted octanol–water partition coefficient (Wildman–Crippen LogP) is 4.17. The van der Waals surface area contributed by atoms with E-state index in [4.69, 9.17) is 21.6 Å². The van der Waals surface area contributed by atoms with E-state index in [2.05, 4.69) is 0 Å². The van der Waals surface area contributed by atoms with Crippen molar-refractivity contribution < 1.29 is 27.4 Å². The number of benzene rings is 4. The second kappa shape index (κ2) is 8.49. The summed E-state index contributed by atoms with van der Waals surface area (Å²) in [7, 11) is -4.19. The molecule has 0 aliphatic carbocycles. The largest absolute Gasteiger partial charge is 0.478 e. The SMILES string of the molecule is N=C(N)c1ccc2cc(Oc3c(C(=O)O)ccc(S(=O)(=O)c4ccc(F)cc4)c3N)ccc2c1. The van der Waals surface area contributed by atoms with Crippen molar-refractivity contribution in [2.75, 3.05) is 5.73 Å². The minimum Gasteiger partial charge on any atom is -0.478 e. The molecule has 0 aliphatic heterocycles.